The molecule has 150 valence electrons. The zero-order valence-corrected chi connectivity index (χ0v) is 18.0. The van der Waals surface area contributed by atoms with Crippen molar-refractivity contribution in [3.05, 3.63) is 51.9 Å². The Morgan fingerprint density at radius 1 is 1.07 bits per heavy atom. The van der Waals surface area contributed by atoms with Crippen LogP contribution in [0.1, 0.15) is 38.1 Å². The Kier molecular flexibility index (Phi) is 7.71. The molecule has 0 saturated carbocycles. The topological polar surface area (TPSA) is 81.7 Å². The Morgan fingerprint density at radius 3 is 2.29 bits per heavy atom. The van der Waals surface area contributed by atoms with Crippen LogP contribution < -0.4 is 5.32 Å². The van der Waals surface area contributed by atoms with E-state index in [1.165, 1.54) is 0 Å². The molecule has 1 amide bonds. The van der Waals surface area contributed by atoms with Gasteiger partial charge in [0.25, 0.3) is 9.70 Å². The van der Waals surface area contributed by atoms with Crippen molar-refractivity contribution in [2.75, 3.05) is 11.9 Å². The number of alkyl halides is 3. The summed E-state index contributed by atoms with van der Waals surface area (Å²) in [6, 6.07) is 9.11. The first-order valence-corrected chi connectivity index (χ1v) is 9.99. The van der Waals surface area contributed by atoms with Crippen LogP contribution in [0.4, 0.5) is 5.00 Å². The van der Waals surface area contributed by atoms with Crippen molar-refractivity contribution >= 4 is 69.0 Å². The third-order valence-electron chi connectivity index (χ3n) is 3.51. The van der Waals surface area contributed by atoms with Crippen molar-refractivity contribution in [1.29, 1.82) is 0 Å². The average molecular weight is 465 g/mol. The van der Waals surface area contributed by atoms with Crippen LogP contribution >= 0.6 is 46.1 Å². The summed E-state index contributed by atoms with van der Waals surface area (Å²) < 4.78 is 8.07. The summed E-state index contributed by atoms with van der Waals surface area (Å²) in [5, 5.41) is 2.40. The van der Waals surface area contributed by atoms with E-state index in [0.29, 0.717) is 5.56 Å². The van der Waals surface area contributed by atoms with Crippen molar-refractivity contribution in [2.24, 2.45) is 0 Å². The zero-order valence-electron chi connectivity index (χ0n) is 14.9. The van der Waals surface area contributed by atoms with E-state index in [0.717, 1.165) is 16.9 Å². The monoisotopic (exact) mass is 463 g/mol. The van der Waals surface area contributed by atoms with Crippen LogP contribution in [0.3, 0.4) is 0 Å². The highest BCUT2D eigenvalue weighted by Gasteiger charge is 2.34. The van der Waals surface area contributed by atoms with E-state index < -0.39 is 21.6 Å². The van der Waals surface area contributed by atoms with Crippen molar-refractivity contribution in [3.8, 4) is 0 Å². The lowest BCUT2D eigenvalue weighted by Crippen LogP contribution is -2.27. The van der Waals surface area contributed by atoms with Gasteiger partial charge in [0, 0.05) is 0 Å². The number of carbonyl (C=O) groups is 3. The number of carbonyl (C=O) groups excluding carboxylic acids is 3. The first-order chi connectivity index (χ1) is 13.1. The highest BCUT2D eigenvalue weighted by Crippen LogP contribution is 2.36. The number of halogens is 3. The van der Waals surface area contributed by atoms with E-state index in [2.05, 4.69) is 5.32 Å². The molecule has 0 aliphatic rings. The Bertz CT molecular complexity index is 877. The van der Waals surface area contributed by atoms with Gasteiger partial charge in [-0.3, -0.25) is 4.79 Å². The fourth-order valence-corrected chi connectivity index (χ4v) is 3.43. The molecule has 0 saturated heterocycles. The van der Waals surface area contributed by atoms with Gasteiger partial charge in [-0.2, -0.15) is 0 Å². The quantitative estimate of drug-likeness (QED) is 0.486. The molecule has 0 bridgehead atoms. The molecular formula is C18H16Cl3NO5S. The summed E-state index contributed by atoms with van der Waals surface area (Å²) >= 11 is 17.6. The van der Waals surface area contributed by atoms with Gasteiger partial charge < -0.3 is 14.8 Å². The van der Waals surface area contributed by atoms with Crippen LogP contribution in [0.2, 0.25) is 0 Å². The molecule has 1 heterocycles. The molecule has 2 rings (SSSR count). The maximum Gasteiger partial charge on any atom is 0.349 e. The molecule has 10 heteroatoms. The lowest BCUT2D eigenvalue weighted by atomic mass is 10.1. The summed E-state index contributed by atoms with van der Waals surface area (Å²) in [7, 11) is 0. The van der Waals surface area contributed by atoms with E-state index in [-0.39, 0.29) is 28.7 Å². The number of anilines is 1. The third-order valence-corrected chi connectivity index (χ3v) is 5.21. The van der Waals surface area contributed by atoms with E-state index >= 15 is 0 Å². The molecule has 0 atom stereocenters. The Morgan fingerprint density at radius 2 is 1.71 bits per heavy atom. The minimum Gasteiger partial charge on any atom is -0.462 e. The second-order valence-corrected chi connectivity index (χ2v) is 8.80. The van der Waals surface area contributed by atoms with Crippen molar-refractivity contribution in [1.82, 2.24) is 0 Å². The van der Waals surface area contributed by atoms with E-state index in [4.69, 9.17) is 44.3 Å². The highest BCUT2D eigenvalue weighted by molar-refractivity contribution is 7.18. The van der Waals surface area contributed by atoms with E-state index in [9.17, 15) is 14.4 Å². The van der Waals surface area contributed by atoms with Gasteiger partial charge in [-0.15, -0.1) is 11.3 Å². The molecule has 0 unspecified atom stereocenters. The van der Waals surface area contributed by atoms with Crippen molar-refractivity contribution in [2.45, 2.75) is 24.2 Å². The van der Waals surface area contributed by atoms with Crippen LogP contribution in [0.5, 0.6) is 0 Å². The SMILES string of the molecule is CCOC(=O)c1c(NC(=O)C(Cl)(Cl)Cl)sc(C(=O)OCc2ccccc2)c1C. The van der Waals surface area contributed by atoms with Gasteiger partial charge >= 0.3 is 11.9 Å². The predicted molar refractivity (Wildman–Crippen MR) is 109 cm³/mol. The smallest absolute Gasteiger partial charge is 0.349 e. The molecule has 1 aromatic heterocycles. The number of esters is 2. The predicted octanol–water partition coefficient (Wildman–Crippen LogP) is 4.90. The molecule has 0 radical (unpaired) electrons. The normalized spacial score (nSPS) is 11.0. The number of rotatable bonds is 6. The second kappa shape index (κ2) is 9.60. The molecule has 6 nitrogen and oxygen atoms in total. The molecular weight excluding hydrogens is 449 g/mol. The number of ether oxygens (including phenoxy) is 2. The zero-order chi connectivity index (χ0) is 20.9. The fourth-order valence-electron chi connectivity index (χ4n) is 2.21. The third kappa shape index (κ3) is 5.61. The van der Waals surface area contributed by atoms with Gasteiger partial charge in [-0.25, -0.2) is 9.59 Å². The number of thiophene rings is 1. The molecule has 28 heavy (non-hydrogen) atoms. The summed E-state index contributed by atoms with van der Waals surface area (Å²) in [5.74, 6) is -2.32. The first-order valence-electron chi connectivity index (χ1n) is 8.04. The molecule has 0 aliphatic carbocycles. The van der Waals surface area contributed by atoms with Gasteiger partial charge in [0.2, 0.25) is 0 Å². The lowest BCUT2D eigenvalue weighted by molar-refractivity contribution is -0.115. The largest absolute Gasteiger partial charge is 0.462 e. The second-order valence-electron chi connectivity index (χ2n) is 5.49. The van der Waals surface area contributed by atoms with Gasteiger partial charge in [0.15, 0.2) is 0 Å². The van der Waals surface area contributed by atoms with Gasteiger partial charge in [-0.05, 0) is 25.0 Å². The number of benzene rings is 1. The maximum absolute atomic E-state index is 12.5. The standard InChI is InChI=1S/C18H16Cl3NO5S/c1-3-26-15(23)12-10(2)13(28-14(12)22-17(25)18(19,20)21)16(24)27-9-11-7-5-4-6-8-11/h4-8H,3,9H2,1-2H3,(H,22,25). The Balaban J connectivity index is 2.31. The van der Waals surface area contributed by atoms with Crippen LogP contribution in [0, 0.1) is 6.92 Å². The van der Waals surface area contributed by atoms with Crippen molar-refractivity contribution in [3.63, 3.8) is 0 Å². The molecule has 1 N–H and O–H groups in total. The van der Waals surface area contributed by atoms with Gasteiger partial charge in [0.1, 0.15) is 16.5 Å². The van der Waals surface area contributed by atoms with Gasteiger partial charge in [0.05, 0.1) is 12.2 Å². The number of nitrogens with one attached hydrogen (secondary N) is 1. The van der Waals surface area contributed by atoms with Gasteiger partial charge in [-0.1, -0.05) is 65.1 Å². The lowest BCUT2D eigenvalue weighted by Gasteiger charge is -2.11. The summed E-state index contributed by atoms with van der Waals surface area (Å²) in [4.78, 5) is 37.0. The fraction of sp³-hybridized carbons (Fsp3) is 0.278. The molecule has 0 spiro atoms. The molecule has 0 aliphatic heterocycles. The number of amides is 1. The minimum atomic E-state index is -2.24. The number of hydrogen-bond donors (Lipinski definition) is 1. The molecule has 0 fully saturated rings. The summed E-state index contributed by atoms with van der Waals surface area (Å²) in [6.45, 7) is 3.35. The first kappa shape index (κ1) is 22.5. The van der Waals surface area contributed by atoms with E-state index in [1.54, 1.807) is 13.8 Å². The Labute approximate surface area is 180 Å². The van der Waals surface area contributed by atoms with Crippen LogP contribution in [0.25, 0.3) is 0 Å². The van der Waals surface area contributed by atoms with E-state index in [1.807, 2.05) is 30.3 Å². The maximum atomic E-state index is 12.5. The summed E-state index contributed by atoms with van der Waals surface area (Å²) in [6.07, 6.45) is 0. The minimum absolute atomic E-state index is 0.0149. The molecule has 1 aromatic carbocycles. The van der Waals surface area contributed by atoms with Crippen LogP contribution in [-0.4, -0.2) is 28.2 Å². The Hall–Kier alpha value is -1.80. The molecule has 2 aromatic rings. The van der Waals surface area contributed by atoms with Crippen LogP contribution in [0.15, 0.2) is 30.3 Å². The summed E-state index contributed by atoms with van der Waals surface area (Å²) in [5.41, 5.74) is 1.13. The van der Waals surface area contributed by atoms with Crippen LogP contribution in [-0.2, 0) is 20.9 Å². The average Bonchev–Trinajstić information content (AvgIpc) is 2.96. The van der Waals surface area contributed by atoms with Crippen molar-refractivity contribution < 1.29 is 23.9 Å². The number of hydrogen-bond acceptors (Lipinski definition) is 6. The highest BCUT2D eigenvalue weighted by atomic mass is 35.6.